The standard InChI is InChI=1S/C20H22BrN3O3S/c21-15-5-7-16(8-6-15)23-18(25)9-10-22-19(26)14-3-1-11-24(13-14)20(27)17-4-2-12-28-17/h2,4-8,12,14H,1,3,9-11,13H2,(H,22,26)(H,23,25). The average molecular weight is 464 g/mol. The molecule has 1 aromatic carbocycles. The van der Waals surface area contributed by atoms with E-state index in [1.807, 2.05) is 35.7 Å². The maximum Gasteiger partial charge on any atom is 0.263 e. The van der Waals surface area contributed by atoms with Gasteiger partial charge in [-0.05, 0) is 48.6 Å². The van der Waals surface area contributed by atoms with Gasteiger partial charge in [0.1, 0.15) is 0 Å². The van der Waals surface area contributed by atoms with E-state index in [2.05, 4.69) is 26.6 Å². The van der Waals surface area contributed by atoms with Crippen molar-refractivity contribution in [1.82, 2.24) is 10.2 Å². The first-order chi connectivity index (χ1) is 13.5. The molecule has 1 unspecified atom stereocenters. The molecule has 0 radical (unpaired) electrons. The Labute approximate surface area is 176 Å². The predicted molar refractivity (Wildman–Crippen MR) is 113 cm³/mol. The van der Waals surface area contributed by atoms with Crippen molar-refractivity contribution in [2.24, 2.45) is 5.92 Å². The molecule has 0 saturated carbocycles. The predicted octanol–water partition coefficient (Wildman–Crippen LogP) is 3.51. The van der Waals surface area contributed by atoms with E-state index >= 15 is 0 Å². The van der Waals surface area contributed by atoms with Crippen LogP contribution in [0.2, 0.25) is 0 Å². The Balaban J connectivity index is 1.42. The van der Waals surface area contributed by atoms with E-state index in [1.54, 1.807) is 11.0 Å². The highest BCUT2D eigenvalue weighted by Crippen LogP contribution is 2.20. The molecular formula is C20H22BrN3O3S. The second-order valence-electron chi connectivity index (χ2n) is 6.66. The van der Waals surface area contributed by atoms with Gasteiger partial charge in [-0.15, -0.1) is 11.3 Å². The molecule has 3 rings (SSSR count). The van der Waals surface area contributed by atoms with Crippen LogP contribution >= 0.6 is 27.3 Å². The molecule has 28 heavy (non-hydrogen) atoms. The molecule has 1 fully saturated rings. The maximum atomic E-state index is 12.5. The number of thiophene rings is 1. The summed E-state index contributed by atoms with van der Waals surface area (Å²) in [7, 11) is 0. The number of benzene rings is 1. The largest absolute Gasteiger partial charge is 0.355 e. The molecular weight excluding hydrogens is 442 g/mol. The van der Waals surface area contributed by atoms with Crippen molar-refractivity contribution in [3.63, 3.8) is 0 Å². The summed E-state index contributed by atoms with van der Waals surface area (Å²) in [6.07, 6.45) is 1.76. The first kappa shape index (κ1) is 20.5. The summed E-state index contributed by atoms with van der Waals surface area (Å²) in [6, 6.07) is 11.0. The second kappa shape index (κ2) is 9.84. The lowest BCUT2D eigenvalue weighted by molar-refractivity contribution is -0.126. The van der Waals surface area contributed by atoms with Crippen LogP contribution in [0, 0.1) is 5.92 Å². The maximum absolute atomic E-state index is 12.5. The molecule has 1 saturated heterocycles. The molecule has 8 heteroatoms. The number of likely N-dealkylation sites (tertiary alicyclic amines) is 1. The number of hydrogen-bond acceptors (Lipinski definition) is 4. The topological polar surface area (TPSA) is 78.5 Å². The van der Waals surface area contributed by atoms with Crippen LogP contribution in [0.15, 0.2) is 46.3 Å². The highest BCUT2D eigenvalue weighted by molar-refractivity contribution is 9.10. The molecule has 1 atom stereocenters. The average Bonchev–Trinajstić information content (AvgIpc) is 3.24. The number of amides is 3. The minimum atomic E-state index is -0.229. The van der Waals surface area contributed by atoms with Crippen LogP contribution in [-0.2, 0) is 9.59 Å². The fraction of sp³-hybridized carbons (Fsp3) is 0.350. The lowest BCUT2D eigenvalue weighted by Crippen LogP contribution is -2.45. The van der Waals surface area contributed by atoms with Gasteiger partial charge in [-0.1, -0.05) is 22.0 Å². The number of piperidine rings is 1. The molecule has 2 heterocycles. The summed E-state index contributed by atoms with van der Waals surface area (Å²) >= 11 is 4.76. The van der Waals surface area contributed by atoms with Crippen molar-refractivity contribution in [1.29, 1.82) is 0 Å². The molecule has 2 aromatic rings. The Kier molecular flexibility index (Phi) is 7.22. The van der Waals surface area contributed by atoms with Crippen LogP contribution < -0.4 is 10.6 Å². The van der Waals surface area contributed by atoms with Crippen LogP contribution in [-0.4, -0.2) is 42.3 Å². The third kappa shape index (κ3) is 5.65. The molecule has 6 nitrogen and oxygen atoms in total. The molecule has 1 aromatic heterocycles. The Hall–Kier alpha value is -2.19. The van der Waals surface area contributed by atoms with E-state index in [1.165, 1.54) is 11.3 Å². The monoisotopic (exact) mass is 463 g/mol. The van der Waals surface area contributed by atoms with E-state index in [0.29, 0.717) is 18.0 Å². The lowest BCUT2D eigenvalue weighted by Gasteiger charge is -2.31. The molecule has 0 aliphatic carbocycles. The van der Waals surface area contributed by atoms with Crippen molar-refractivity contribution < 1.29 is 14.4 Å². The van der Waals surface area contributed by atoms with Crippen molar-refractivity contribution in [3.8, 4) is 0 Å². The molecule has 1 aliphatic rings. The van der Waals surface area contributed by atoms with Gasteiger partial charge in [0.05, 0.1) is 10.8 Å². The lowest BCUT2D eigenvalue weighted by atomic mass is 9.97. The van der Waals surface area contributed by atoms with Gasteiger partial charge < -0.3 is 15.5 Å². The molecule has 0 spiro atoms. The zero-order valence-electron chi connectivity index (χ0n) is 15.3. The Morgan fingerprint density at radius 1 is 1.18 bits per heavy atom. The fourth-order valence-corrected chi connectivity index (χ4v) is 4.09. The summed E-state index contributed by atoms with van der Waals surface area (Å²) in [6.45, 7) is 1.38. The highest BCUT2D eigenvalue weighted by Gasteiger charge is 2.29. The number of carbonyl (C=O) groups excluding carboxylic acids is 3. The summed E-state index contributed by atoms with van der Waals surface area (Å²) < 4.78 is 0.942. The highest BCUT2D eigenvalue weighted by atomic mass is 79.9. The minimum Gasteiger partial charge on any atom is -0.355 e. The van der Waals surface area contributed by atoms with Gasteiger partial charge in [0.25, 0.3) is 5.91 Å². The second-order valence-corrected chi connectivity index (χ2v) is 8.53. The van der Waals surface area contributed by atoms with Gasteiger partial charge in [0, 0.05) is 36.2 Å². The van der Waals surface area contributed by atoms with E-state index in [9.17, 15) is 14.4 Å². The SMILES string of the molecule is O=C(CCNC(=O)C1CCCN(C(=O)c2cccs2)C1)Nc1ccc(Br)cc1. The fourth-order valence-electron chi connectivity index (χ4n) is 3.13. The van der Waals surface area contributed by atoms with Crippen LogP contribution in [0.4, 0.5) is 5.69 Å². The summed E-state index contributed by atoms with van der Waals surface area (Å²) in [5, 5.41) is 7.50. The Morgan fingerprint density at radius 2 is 1.96 bits per heavy atom. The quantitative estimate of drug-likeness (QED) is 0.687. The third-order valence-corrected chi connectivity index (χ3v) is 5.98. The Morgan fingerprint density at radius 3 is 2.68 bits per heavy atom. The molecule has 148 valence electrons. The van der Waals surface area contributed by atoms with Crippen LogP contribution in [0.25, 0.3) is 0 Å². The van der Waals surface area contributed by atoms with E-state index in [4.69, 9.17) is 0 Å². The van der Waals surface area contributed by atoms with E-state index in [-0.39, 0.29) is 36.6 Å². The van der Waals surface area contributed by atoms with Gasteiger partial charge >= 0.3 is 0 Å². The number of halogens is 1. The minimum absolute atomic E-state index is 0.0126. The summed E-state index contributed by atoms with van der Waals surface area (Å²) in [5.41, 5.74) is 0.717. The smallest absolute Gasteiger partial charge is 0.263 e. The number of anilines is 1. The number of nitrogens with one attached hydrogen (secondary N) is 2. The van der Waals surface area contributed by atoms with Crippen molar-refractivity contribution in [2.45, 2.75) is 19.3 Å². The number of rotatable bonds is 6. The number of hydrogen-bond donors (Lipinski definition) is 2. The zero-order valence-corrected chi connectivity index (χ0v) is 17.7. The summed E-state index contributed by atoms with van der Waals surface area (Å²) in [4.78, 5) is 39.4. The molecule has 2 N–H and O–H groups in total. The first-order valence-corrected chi connectivity index (χ1v) is 10.9. The molecule has 1 aliphatic heterocycles. The van der Waals surface area contributed by atoms with Gasteiger partial charge in [0.15, 0.2) is 0 Å². The number of nitrogens with zero attached hydrogens (tertiary/aromatic N) is 1. The first-order valence-electron chi connectivity index (χ1n) is 9.19. The van der Waals surface area contributed by atoms with Gasteiger partial charge in [0.2, 0.25) is 11.8 Å². The van der Waals surface area contributed by atoms with E-state index in [0.717, 1.165) is 23.0 Å². The molecule has 3 amide bonds. The number of carbonyl (C=O) groups is 3. The van der Waals surface area contributed by atoms with Crippen molar-refractivity contribution in [3.05, 3.63) is 51.1 Å². The van der Waals surface area contributed by atoms with Crippen LogP contribution in [0.1, 0.15) is 28.9 Å². The van der Waals surface area contributed by atoms with Gasteiger partial charge in [-0.2, -0.15) is 0 Å². The van der Waals surface area contributed by atoms with Gasteiger partial charge in [-0.3, -0.25) is 14.4 Å². The normalized spacial score (nSPS) is 16.5. The summed E-state index contributed by atoms with van der Waals surface area (Å²) in [5.74, 6) is -0.491. The van der Waals surface area contributed by atoms with Gasteiger partial charge in [-0.25, -0.2) is 0 Å². The van der Waals surface area contributed by atoms with E-state index < -0.39 is 0 Å². The van der Waals surface area contributed by atoms with Crippen molar-refractivity contribution in [2.75, 3.05) is 25.0 Å². The third-order valence-electron chi connectivity index (χ3n) is 4.59. The van der Waals surface area contributed by atoms with Crippen LogP contribution in [0.3, 0.4) is 0 Å². The Bertz CT molecular complexity index is 824. The zero-order chi connectivity index (χ0) is 19.9. The molecule has 0 bridgehead atoms. The van der Waals surface area contributed by atoms with Crippen LogP contribution in [0.5, 0.6) is 0 Å². The van der Waals surface area contributed by atoms with Crippen molar-refractivity contribution >= 4 is 50.7 Å².